The van der Waals surface area contributed by atoms with Crippen LogP contribution in [0.5, 0.6) is 0 Å². The van der Waals surface area contributed by atoms with Crippen LogP contribution in [-0.4, -0.2) is 41.2 Å². The van der Waals surface area contributed by atoms with Crippen molar-refractivity contribution in [3.05, 3.63) is 87.5 Å². The molecule has 0 radical (unpaired) electrons. The molecule has 1 aromatic heterocycles. The minimum Gasteiger partial charge on any atom is -0.465 e. The number of methoxy groups -OCH3 is 2. The molecule has 2 aromatic carbocycles. The van der Waals surface area contributed by atoms with Crippen molar-refractivity contribution >= 4 is 23.5 Å². The molecule has 7 nitrogen and oxygen atoms in total. The Balaban J connectivity index is 1.69. The van der Waals surface area contributed by atoms with Crippen molar-refractivity contribution in [2.24, 2.45) is 0 Å². The number of ether oxygens (including phenoxy) is 2. The molecule has 0 bridgehead atoms. The van der Waals surface area contributed by atoms with Crippen molar-refractivity contribution in [2.75, 3.05) is 14.2 Å². The average molecular weight is 520 g/mol. The van der Waals surface area contributed by atoms with Crippen LogP contribution in [0.4, 0.5) is 0 Å². The second kappa shape index (κ2) is 10.4. The maximum atomic E-state index is 13.8. The quantitative estimate of drug-likeness (QED) is 0.355. The van der Waals surface area contributed by atoms with Crippen LogP contribution in [0.3, 0.4) is 0 Å². The maximum absolute atomic E-state index is 13.8. The van der Waals surface area contributed by atoms with Gasteiger partial charge in [0.05, 0.1) is 24.8 Å². The molecule has 1 fully saturated rings. The fraction of sp³-hybridized carbons (Fsp3) is 0.345. The van der Waals surface area contributed by atoms with Gasteiger partial charge in [0.1, 0.15) is 17.0 Å². The lowest BCUT2D eigenvalue weighted by molar-refractivity contribution is 0.0600. The zero-order valence-corrected chi connectivity index (χ0v) is 22.4. The predicted molar refractivity (Wildman–Crippen MR) is 142 cm³/mol. The summed E-state index contributed by atoms with van der Waals surface area (Å²) in [6.45, 7) is 6.06. The number of carbonyl (C=O) groups is 2. The van der Waals surface area contributed by atoms with Crippen LogP contribution >= 0.6 is 11.6 Å². The number of carbonyl (C=O) groups excluding carboxylic acids is 2. The van der Waals surface area contributed by atoms with Gasteiger partial charge in [0.25, 0.3) is 5.91 Å². The molecule has 1 aliphatic carbocycles. The zero-order valence-electron chi connectivity index (χ0n) is 21.6. The molecule has 3 aromatic rings. The van der Waals surface area contributed by atoms with E-state index in [1.165, 1.54) is 7.11 Å². The molecule has 1 saturated carbocycles. The summed E-state index contributed by atoms with van der Waals surface area (Å²) >= 11 is 6.55. The summed E-state index contributed by atoms with van der Waals surface area (Å²) < 4.78 is 11.9. The summed E-state index contributed by atoms with van der Waals surface area (Å²) in [5, 5.41) is 3.37. The first kappa shape index (κ1) is 26.5. The van der Waals surface area contributed by atoms with Crippen molar-refractivity contribution < 1.29 is 19.1 Å². The fourth-order valence-corrected chi connectivity index (χ4v) is 4.18. The topological polar surface area (TPSA) is 82.4 Å². The van der Waals surface area contributed by atoms with Crippen molar-refractivity contribution in [2.45, 2.75) is 51.3 Å². The van der Waals surface area contributed by atoms with Gasteiger partial charge in [0, 0.05) is 7.11 Å². The van der Waals surface area contributed by atoms with Crippen LogP contribution in [0.25, 0.3) is 0 Å². The Morgan fingerprint density at radius 3 is 2.32 bits per heavy atom. The monoisotopic (exact) mass is 519 g/mol. The Bertz CT molecular complexity index is 1380. The number of aromatic nitrogens is 2. The van der Waals surface area contributed by atoms with Crippen LogP contribution in [-0.2, 0) is 21.6 Å². The van der Waals surface area contributed by atoms with Gasteiger partial charge in [-0.05, 0) is 74.4 Å². The van der Waals surface area contributed by atoms with E-state index in [9.17, 15) is 9.59 Å². The Hall–Kier alpha value is -3.60. The summed E-state index contributed by atoms with van der Waals surface area (Å²) in [6.07, 6.45) is 1.54. The van der Waals surface area contributed by atoms with E-state index in [0.29, 0.717) is 17.8 Å². The third-order valence-corrected chi connectivity index (χ3v) is 6.84. The second-order valence-corrected chi connectivity index (χ2v) is 10.1. The van der Waals surface area contributed by atoms with Gasteiger partial charge in [-0.3, -0.25) is 4.79 Å². The highest BCUT2D eigenvalue weighted by Gasteiger charge is 2.46. The highest BCUT2D eigenvalue weighted by atomic mass is 35.5. The third kappa shape index (κ3) is 5.87. The molecule has 0 atom stereocenters. The number of benzene rings is 2. The van der Waals surface area contributed by atoms with E-state index in [-0.39, 0.29) is 16.9 Å². The Labute approximate surface area is 222 Å². The summed E-state index contributed by atoms with van der Waals surface area (Å²) in [5.41, 5.74) is 2.81. The molecular weight excluding hydrogens is 490 g/mol. The molecule has 0 spiro atoms. The smallest absolute Gasteiger partial charge is 0.337 e. The van der Waals surface area contributed by atoms with Gasteiger partial charge in [-0.2, -0.15) is 0 Å². The summed E-state index contributed by atoms with van der Waals surface area (Å²) in [4.78, 5) is 30.0. The van der Waals surface area contributed by atoms with E-state index >= 15 is 0 Å². The second-order valence-electron chi connectivity index (χ2n) is 9.72. The number of aryl methyl sites for hydroxylation is 1. The van der Waals surface area contributed by atoms with E-state index in [2.05, 4.69) is 22.1 Å². The van der Waals surface area contributed by atoms with Crippen LogP contribution < -0.4 is 5.32 Å². The van der Waals surface area contributed by atoms with Crippen LogP contribution in [0, 0.1) is 18.8 Å². The maximum Gasteiger partial charge on any atom is 0.337 e. The fourth-order valence-electron chi connectivity index (χ4n) is 3.95. The summed E-state index contributed by atoms with van der Waals surface area (Å²) in [6, 6.07) is 15.1. The average Bonchev–Trinajstić information content (AvgIpc) is 3.60. The van der Waals surface area contributed by atoms with Crippen LogP contribution in [0.15, 0.2) is 48.5 Å². The lowest BCUT2D eigenvalue weighted by Gasteiger charge is -2.19. The van der Waals surface area contributed by atoms with E-state index in [1.807, 2.05) is 57.2 Å². The molecule has 192 valence electrons. The first-order valence-corrected chi connectivity index (χ1v) is 12.4. The number of rotatable bonds is 7. The zero-order chi connectivity index (χ0) is 26.8. The number of nitrogens with one attached hydrogen (secondary N) is 1. The number of amides is 1. The Kier molecular flexibility index (Phi) is 7.44. The number of nitrogens with zero attached hydrogens (tertiary/aromatic N) is 2. The molecule has 1 heterocycles. The molecule has 1 amide bonds. The van der Waals surface area contributed by atoms with Gasteiger partial charge in [-0.15, -0.1) is 0 Å². The highest BCUT2D eigenvalue weighted by molar-refractivity contribution is 6.29. The Morgan fingerprint density at radius 1 is 1.11 bits per heavy atom. The minimum atomic E-state index is -0.722. The number of imidazole rings is 1. The number of hydrogen-bond donors (Lipinski definition) is 1. The molecular formula is C29H30ClN3O4. The van der Waals surface area contributed by atoms with Crippen LogP contribution in [0.2, 0.25) is 5.28 Å². The lowest BCUT2D eigenvalue weighted by Crippen LogP contribution is -2.36. The number of halogens is 1. The molecule has 37 heavy (non-hydrogen) atoms. The predicted octanol–water partition coefficient (Wildman–Crippen LogP) is 4.88. The van der Waals surface area contributed by atoms with E-state index in [0.717, 1.165) is 29.5 Å². The molecule has 0 aliphatic heterocycles. The van der Waals surface area contributed by atoms with Crippen molar-refractivity contribution in [3.63, 3.8) is 0 Å². The number of hydrogen-bond acceptors (Lipinski definition) is 5. The molecule has 1 N–H and O–H groups in total. The SMILES string of the molecule is COC(=O)c1ccc(C2(NC(=O)c3c(C#CC(C)(C)OC)nc(Cl)n3Cc3ccc(C)cc3)CC2)cc1. The van der Waals surface area contributed by atoms with Gasteiger partial charge < -0.3 is 19.4 Å². The van der Waals surface area contributed by atoms with Crippen molar-refractivity contribution in [1.29, 1.82) is 0 Å². The highest BCUT2D eigenvalue weighted by Crippen LogP contribution is 2.46. The molecule has 0 saturated heterocycles. The standard InChI is InChI=1S/C29H30ClN3O4/c1-19-6-8-20(9-7-19)18-33-24(23(31-27(33)30)14-15-28(2,3)37-5)25(34)32-29(16-17-29)22-12-10-21(11-13-22)26(35)36-4/h6-13H,16-18H2,1-5H3,(H,32,34). The molecule has 8 heteroatoms. The molecule has 4 rings (SSSR count). The normalized spacial score (nSPS) is 13.9. The summed E-state index contributed by atoms with van der Waals surface area (Å²) in [5.74, 6) is 5.32. The molecule has 0 unspecified atom stereocenters. The third-order valence-electron chi connectivity index (χ3n) is 6.55. The Morgan fingerprint density at radius 2 is 1.76 bits per heavy atom. The van der Waals surface area contributed by atoms with Crippen LogP contribution in [0.1, 0.15) is 69.9 Å². The minimum absolute atomic E-state index is 0.178. The van der Waals surface area contributed by atoms with E-state index in [4.69, 9.17) is 21.1 Å². The van der Waals surface area contributed by atoms with Gasteiger partial charge in [0.2, 0.25) is 5.28 Å². The first-order chi connectivity index (χ1) is 17.6. The van der Waals surface area contributed by atoms with Crippen molar-refractivity contribution in [3.8, 4) is 11.8 Å². The largest absolute Gasteiger partial charge is 0.465 e. The lowest BCUT2D eigenvalue weighted by atomic mass is 10.0. The van der Waals surface area contributed by atoms with Gasteiger partial charge in [-0.1, -0.05) is 47.9 Å². The summed E-state index contributed by atoms with van der Waals surface area (Å²) in [7, 11) is 2.92. The van der Waals surface area contributed by atoms with Crippen molar-refractivity contribution in [1.82, 2.24) is 14.9 Å². The first-order valence-electron chi connectivity index (χ1n) is 12.0. The van der Waals surface area contributed by atoms with Gasteiger partial charge >= 0.3 is 5.97 Å². The van der Waals surface area contributed by atoms with Gasteiger partial charge in [0.15, 0.2) is 0 Å². The van der Waals surface area contributed by atoms with E-state index in [1.54, 1.807) is 23.8 Å². The molecule has 1 aliphatic rings. The number of esters is 1. The van der Waals surface area contributed by atoms with E-state index < -0.39 is 17.1 Å². The van der Waals surface area contributed by atoms with Gasteiger partial charge in [-0.25, -0.2) is 9.78 Å².